The highest BCUT2D eigenvalue weighted by Crippen LogP contribution is 2.30. The van der Waals surface area contributed by atoms with Crippen LogP contribution in [0.5, 0.6) is 0 Å². The summed E-state index contributed by atoms with van der Waals surface area (Å²) in [4.78, 5) is 12.0. The van der Waals surface area contributed by atoms with Gasteiger partial charge in [0.25, 0.3) is 0 Å². The number of carbonyl (C=O) groups is 1. The number of thioether (sulfide) groups is 1. The second-order valence-electron chi connectivity index (χ2n) is 6.27. The van der Waals surface area contributed by atoms with Crippen LogP contribution in [-0.4, -0.2) is 39.9 Å². The highest BCUT2D eigenvalue weighted by atomic mass is 32.2. The number of halogens is 3. The van der Waals surface area contributed by atoms with Gasteiger partial charge in [0.05, 0.1) is 41.2 Å². The number of carbonyl (C=O) groups excluding carboxylic acids is 1. The van der Waals surface area contributed by atoms with Crippen molar-refractivity contribution in [3.05, 3.63) is 42.2 Å². The molecule has 1 N–H and O–H groups in total. The summed E-state index contributed by atoms with van der Waals surface area (Å²) >= 11 is 1.51. The van der Waals surface area contributed by atoms with Crippen LogP contribution in [-0.2, 0) is 15.7 Å². The molecule has 2 aromatic rings. The molecule has 2 heterocycles. The second kappa shape index (κ2) is 8.79. The van der Waals surface area contributed by atoms with Gasteiger partial charge in [-0.2, -0.15) is 18.3 Å². The van der Waals surface area contributed by atoms with Gasteiger partial charge in [-0.1, -0.05) is 6.07 Å². The first kappa shape index (κ1) is 19.8. The summed E-state index contributed by atoms with van der Waals surface area (Å²) in [5.74, 6) is 0.880. The van der Waals surface area contributed by atoms with Crippen molar-refractivity contribution in [2.45, 2.75) is 31.5 Å². The van der Waals surface area contributed by atoms with E-state index in [1.807, 2.05) is 0 Å². The zero-order chi connectivity index (χ0) is 19.3. The number of amides is 1. The normalized spacial score (nSPS) is 17.7. The topological polar surface area (TPSA) is 56.1 Å². The number of benzene rings is 1. The zero-order valence-corrected chi connectivity index (χ0v) is 15.4. The molecule has 9 heteroatoms. The van der Waals surface area contributed by atoms with Gasteiger partial charge in [0, 0.05) is 12.4 Å². The molecule has 3 rings (SSSR count). The Morgan fingerprint density at radius 2 is 2.22 bits per heavy atom. The van der Waals surface area contributed by atoms with Crippen LogP contribution in [0.15, 0.2) is 36.7 Å². The molecule has 1 saturated heterocycles. The highest BCUT2D eigenvalue weighted by molar-refractivity contribution is 8.00. The smallest absolute Gasteiger partial charge is 0.377 e. The van der Waals surface area contributed by atoms with E-state index in [1.165, 1.54) is 41.0 Å². The van der Waals surface area contributed by atoms with E-state index in [9.17, 15) is 18.0 Å². The lowest BCUT2D eigenvalue weighted by Crippen LogP contribution is -2.22. The maximum atomic E-state index is 12.8. The van der Waals surface area contributed by atoms with Crippen LogP contribution < -0.4 is 5.32 Å². The number of aromatic nitrogens is 2. The van der Waals surface area contributed by atoms with Gasteiger partial charge in [-0.05, 0) is 37.5 Å². The first-order valence-corrected chi connectivity index (χ1v) is 9.79. The van der Waals surface area contributed by atoms with Crippen molar-refractivity contribution in [2.24, 2.45) is 0 Å². The monoisotopic (exact) mass is 399 g/mol. The van der Waals surface area contributed by atoms with Gasteiger partial charge in [-0.3, -0.25) is 4.79 Å². The first-order valence-electron chi connectivity index (χ1n) is 8.63. The Balaban J connectivity index is 1.52. The summed E-state index contributed by atoms with van der Waals surface area (Å²) in [6.07, 6.45) is 1.97. The summed E-state index contributed by atoms with van der Waals surface area (Å²) in [5.41, 5.74) is -0.0384. The summed E-state index contributed by atoms with van der Waals surface area (Å²) < 4.78 is 45.4. The molecule has 1 unspecified atom stereocenters. The molecule has 1 amide bonds. The predicted molar refractivity (Wildman–Crippen MR) is 98.1 cm³/mol. The van der Waals surface area contributed by atoms with Crippen LogP contribution in [0.4, 0.5) is 18.9 Å². The maximum Gasteiger partial charge on any atom is 0.416 e. The minimum absolute atomic E-state index is 0.181. The van der Waals surface area contributed by atoms with Gasteiger partial charge in [-0.25, -0.2) is 4.68 Å². The third kappa shape index (κ3) is 5.74. The molecule has 1 aliphatic rings. The molecule has 1 fully saturated rings. The van der Waals surface area contributed by atoms with Crippen LogP contribution in [0.3, 0.4) is 0 Å². The minimum atomic E-state index is -4.42. The summed E-state index contributed by atoms with van der Waals surface area (Å²) in [6.45, 7) is 0.784. The molecule has 27 heavy (non-hydrogen) atoms. The van der Waals surface area contributed by atoms with Crippen LogP contribution in [0.2, 0.25) is 0 Å². The summed E-state index contributed by atoms with van der Waals surface area (Å²) in [5, 5.41) is 6.73. The van der Waals surface area contributed by atoms with E-state index < -0.39 is 11.7 Å². The van der Waals surface area contributed by atoms with E-state index >= 15 is 0 Å². The number of hydrogen-bond acceptors (Lipinski definition) is 4. The molecule has 0 aliphatic carbocycles. The van der Waals surface area contributed by atoms with Crippen molar-refractivity contribution in [3.63, 3.8) is 0 Å². The number of alkyl halides is 3. The van der Waals surface area contributed by atoms with Crippen LogP contribution >= 0.6 is 11.8 Å². The largest absolute Gasteiger partial charge is 0.416 e. The van der Waals surface area contributed by atoms with E-state index in [-0.39, 0.29) is 23.5 Å². The second-order valence-corrected chi connectivity index (χ2v) is 7.30. The quantitative estimate of drug-likeness (QED) is 0.794. The van der Waals surface area contributed by atoms with Gasteiger partial charge < -0.3 is 10.1 Å². The fraction of sp³-hybridized carbons (Fsp3) is 0.444. The number of ether oxygens (including phenoxy) is 1. The van der Waals surface area contributed by atoms with Crippen molar-refractivity contribution in [2.75, 3.05) is 23.4 Å². The third-order valence-corrected chi connectivity index (χ3v) is 5.19. The number of nitrogens with zero attached hydrogens (tertiary/aromatic N) is 2. The van der Waals surface area contributed by atoms with Crippen LogP contribution in [0.25, 0.3) is 5.69 Å². The molecular weight excluding hydrogens is 379 g/mol. The van der Waals surface area contributed by atoms with E-state index in [1.54, 1.807) is 0 Å². The van der Waals surface area contributed by atoms with Crippen molar-refractivity contribution >= 4 is 23.4 Å². The Bertz CT molecular complexity index is 773. The van der Waals surface area contributed by atoms with Crippen molar-refractivity contribution in [3.8, 4) is 5.69 Å². The standard InChI is InChI=1S/C18H20F3N3O2S/c19-18(20,21)13-4-3-5-15(8-13)24-10-14(9-22-24)23-17(25)12-27-11-16-6-1-2-7-26-16/h3-5,8-10,16H,1-2,6-7,11-12H2,(H,23,25). The van der Waals surface area contributed by atoms with E-state index in [0.29, 0.717) is 5.69 Å². The molecule has 1 aromatic carbocycles. The number of nitrogens with one attached hydrogen (secondary N) is 1. The fourth-order valence-electron chi connectivity index (χ4n) is 2.77. The number of hydrogen-bond donors (Lipinski definition) is 1. The average Bonchev–Trinajstić information content (AvgIpc) is 3.10. The van der Waals surface area contributed by atoms with E-state index in [2.05, 4.69) is 10.4 Å². The van der Waals surface area contributed by atoms with Gasteiger partial charge in [-0.15, -0.1) is 11.8 Å². The van der Waals surface area contributed by atoms with Crippen molar-refractivity contribution < 1.29 is 22.7 Å². The lowest BCUT2D eigenvalue weighted by Gasteiger charge is -2.21. The van der Waals surface area contributed by atoms with Crippen LogP contribution in [0.1, 0.15) is 24.8 Å². The highest BCUT2D eigenvalue weighted by Gasteiger charge is 2.30. The van der Waals surface area contributed by atoms with E-state index in [4.69, 9.17) is 4.74 Å². The van der Waals surface area contributed by atoms with Gasteiger partial charge in [0.2, 0.25) is 5.91 Å². The maximum absolute atomic E-state index is 12.8. The number of anilines is 1. The van der Waals surface area contributed by atoms with Crippen LogP contribution in [0, 0.1) is 0 Å². The van der Waals surface area contributed by atoms with Gasteiger partial charge >= 0.3 is 6.18 Å². The molecule has 0 bridgehead atoms. The summed E-state index contributed by atoms with van der Waals surface area (Å²) in [7, 11) is 0. The molecule has 0 saturated carbocycles. The lowest BCUT2D eigenvalue weighted by atomic mass is 10.1. The predicted octanol–water partition coefficient (Wildman–Crippen LogP) is 4.13. The SMILES string of the molecule is O=C(CSCC1CCCCO1)Nc1cnn(-c2cccc(C(F)(F)F)c2)c1. The molecule has 0 spiro atoms. The Labute approximate surface area is 159 Å². The molecule has 0 radical (unpaired) electrons. The minimum Gasteiger partial charge on any atom is -0.377 e. The lowest BCUT2D eigenvalue weighted by molar-refractivity contribution is -0.137. The van der Waals surface area contributed by atoms with Crippen molar-refractivity contribution in [1.29, 1.82) is 0 Å². The Morgan fingerprint density at radius 1 is 1.37 bits per heavy atom. The van der Waals surface area contributed by atoms with Gasteiger partial charge in [0.1, 0.15) is 0 Å². The molecule has 1 atom stereocenters. The van der Waals surface area contributed by atoms with Gasteiger partial charge in [0.15, 0.2) is 0 Å². The fourth-order valence-corrected chi connectivity index (χ4v) is 3.67. The number of rotatable bonds is 6. The Morgan fingerprint density at radius 3 is 2.96 bits per heavy atom. The summed E-state index contributed by atoms with van der Waals surface area (Å²) in [6, 6.07) is 4.86. The first-order chi connectivity index (χ1) is 12.9. The Hall–Kier alpha value is -2.00. The van der Waals surface area contributed by atoms with Crippen molar-refractivity contribution in [1.82, 2.24) is 9.78 Å². The molecule has 1 aromatic heterocycles. The molecule has 5 nitrogen and oxygen atoms in total. The van der Waals surface area contributed by atoms with E-state index in [0.717, 1.165) is 43.8 Å². The zero-order valence-electron chi connectivity index (χ0n) is 14.5. The Kier molecular flexibility index (Phi) is 6.43. The molecular formula is C18H20F3N3O2S. The average molecular weight is 399 g/mol. The molecule has 146 valence electrons. The third-order valence-electron chi connectivity index (χ3n) is 4.12. The molecule has 1 aliphatic heterocycles.